The largest absolute Gasteiger partial charge is 0.451 e. The van der Waals surface area contributed by atoms with Gasteiger partial charge in [-0.3, -0.25) is 14.9 Å². The van der Waals surface area contributed by atoms with Crippen LogP contribution < -0.4 is 5.32 Å². The van der Waals surface area contributed by atoms with Crippen LogP contribution in [0.2, 0.25) is 0 Å². The van der Waals surface area contributed by atoms with Crippen molar-refractivity contribution in [3.05, 3.63) is 75.9 Å². The molecule has 1 heterocycles. The minimum atomic E-state index is -1.04. The van der Waals surface area contributed by atoms with Crippen LogP contribution in [0.3, 0.4) is 0 Å². The van der Waals surface area contributed by atoms with Crippen molar-refractivity contribution >= 4 is 17.6 Å². The molecule has 10 nitrogen and oxygen atoms in total. The first-order chi connectivity index (χ1) is 15.7. The number of carbonyl (C=O) groups excluding carboxylic acids is 2. The average molecular weight is 456 g/mol. The van der Waals surface area contributed by atoms with Crippen LogP contribution >= 0.6 is 0 Å². The second-order valence-corrected chi connectivity index (χ2v) is 7.50. The molecular formula is C22H21FN4O6. The second kappa shape index (κ2) is 9.98. The summed E-state index contributed by atoms with van der Waals surface area (Å²) < 4.78 is 24.8. The highest BCUT2D eigenvalue weighted by Gasteiger charge is 2.30. The third-order valence-electron chi connectivity index (χ3n) is 4.73. The van der Waals surface area contributed by atoms with Crippen LogP contribution in [-0.2, 0) is 9.53 Å². The van der Waals surface area contributed by atoms with E-state index in [0.717, 1.165) is 6.07 Å². The van der Waals surface area contributed by atoms with Gasteiger partial charge in [0.2, 0.25) is 5.89 Å². The van der Waals surface area contributed by atoms with Gasteiger partial charge in [0.25, 0.3) is 17.5 Å². The van der Waals surface area contributed by atoms with Crippen molar-refractivity contribution in [2.24, 2.45) is 5.92 Å². The Bertz CT molecular complexity index is 1160. The normalized spacial score (nSPS) is 12.8. The van der Waals surface area contributed by atoms with Crippen LogP contribution in [0, 0.1) is 21.8 Å². The number of aromatic nitrogens is 2. The highest BCUT2D eigenvalue weighted by Crippen LogP contribution is 2.25. The maximum Gasteiger partial charge on any atom is 0.329 e. The minimum absolute atomic E-state index is 0.000334. The topological polar surface area (TPSA) is 137 Å². The zero-order chi connectivity index (χ0) is 24.1. The van der Waals surface area contributed by atoms with Gasteiger partial charge >= 0.3 is 5.97 Å². The number of rotatable bonds is 8. The fourth-order valence-corrected chi connectivity index (χ4v) is 2.90. The van der Waals surface area contributed by atoms with Gasteiger partial charge in [-0.2, -0.15) is 0 Å². The Kier molecular flexibility index (Phi) is 7.11. The summed E-state index contributed by atoms with van der Waals surface area (Å²) in [6, 6.07) is 9.90. The molecular weight excluding hydrogens is 435 g/mol. The van der Waals surface area contributed by atoms with E-state index in [4.69, 9.17) is 9.15 Å². The molecule has 1 N–H and O–H groups in total. The maximum absolute atomic E-state index is 13.9. The summed E-state index contributed by atoms with van der Waals surface area (Å²) >= 11 is 0. The highest BCUT2D eigenvalue weighted by molar-refractivity contribution is 5.97. The lowest BCUT2D eigenvalue weighted by Gasteiger charge is -2.22. The summed E-state index contributed by atoms with van der Waals surface area (Å²) in [5.41, 5.74) is 0.182. The molecule has 172 valence electrons. The molecule has 2 aromatic carbocycles. The minimum Gasteiger partial charge on any atom is -0.451 e. The number of non-ortho nitro benzene ring substituents is 1. The van der Waals surface area contributed by atoms with Crippen molar-refractivity contribution in [3.8, 4) is 11.5 Å². The SMILES string of the molecule is CC(C)[C@H](NC(=O)c1ccccc1F)C(=O)O[C@H](C)c1nnc(-c2ccc([N+](=O)[O-])cc2)o1. The molecule has 3 aromatic rings. The predicted octanol–water partition coefficient (Wildman–Crippen LogP) is 3.84. The van der Waals surface area contributed by atoms with Gasteiger partial charge in [0, 0.05) is 17.7 Å². The number of nitrogens with zero attached hydrogens (tertiary/aromatic N) is 3. The molecule has 0 fully saturated rings. The molecule has 0 aliphatic heterocycles. The van der Waals surface area contributed by atoms with Crippen molar-refractivity contribution < 1.29 is 28.1 Å². The van der Waals surface area contributed by atoms with Gasteiger partial charge in [0.1, 0.15) is 11.9 Å². The fourth-order valence-electron chi connectivity index (χ4n) is 2.90. The number of nitro benzene ring substituents is 1. The predicted molar refractivity (Wildman–Crippen MR) is 113 cm³/mol. The first-order valence-corrected chi connectivity index (χ1v) is 10.0. The van der Waals surface area contributed by atoms with Crippen LogP contribution in [0.5, 0.6) is 0 Å². The number of nitro groups is 1. The van der Waals surface area contributed by atoms with E-state index in [1.54, 1.807) is 13.8 Å². The van der Waals surface area contributed by atoms with Crippen LogP contribution in [-0.4, -0.2) is 33.0 Å². The first-order valence-electron chi connectivity index (χ1n) is 10.0. The summed E-state index contributed by atoms with van der Waals surface area (Å²) in [4.78, 5) is 35.4. The van der Waals surface area contributed by atoms with Gasteiger partial charge in [0.05, 0.1) is 10.5 Å². The van der Waals surface area contributed by atoms with Gasteiger partial charge in [-0.1, -0.05) is 26.0 Å². The Labute approximate surface area is 187 Å². The van der Waals surface area contributed by atoms with Gasteiger partial charge < -0.3 is 14.5 Å². The molecule has 0 aliphatic rings. The van der Waals surface area contributed by atoms with Crippen molar-refractivity contribution in [1.82, 2.24) is 15.5 Å². The van der Waals surface area contributed by atoms with E-state index in [2.05, 4.69) is 15.5 Å². The average Bonchev–Trinajstić information content (AvgIpc) is 3.28. The van der Waals surface area contributed by atoms with Crippen LogP contribution in [0.15, 0.2) is 52.9 Å². The molecule has 2 atom stereocenters. The lowest BCUT2D eigenvalue weighted by Crippen LogP contribution is -2.45. The van der Waals surface area contributed by atoms with Gasteiger partial charge in [-0.25, -0.2) is 9.18 Å². The third-order valence-corrected chi connectivity index (χ3v) is 4.73. The van der Waals surface area contributed by atoms with Gasteiger partial charge in [-0.15, -0.1) is 10.2 Å². The third kappa shape index (κ3) is 5.56. The number of amides is 1. The Morgan fingerprint density at radius 1 is 1.09 bits per heavy atom. The van der Waals surface area contributed by atoms with Gasteiger partial charge in [0.15, 0.2) is 6.10 Å². The summed E-state index contributed by atoms with van der Waals surface area (Å²) in [6.07, 6.45) is -0.941. The Balaban J connectivity index is 1.68. The smallest absolute Gasteiger partial charge is 0.329 e. The monoisotopic (exact) mass is 456 g/mol. The van der Waals surface area contributed by atoms with E-state index in [0.29, 0.717) is 5.56 Å². The molecule has 1 amide bonds. The highest BCUT2D eigenvalue weighted by atomic mass is 19.1. The van der Waals surface area contributed by atoms with Crippen molar-refractivity contribution in [2.45, 2.75) is 32.9 Å². The quantitative estimate of drug-likeness (QED) is 0.307. The molecule has 0 radical (unpaired) electrons. The van der Waals surface area contributed by atoms with E-state index in [9.17, 15) is 24.1 Å². The number of hydrogen-bond acceptors (Lipinski definition) is 8. The summed E-state index contributed by atoms with van der Waals surface area (Å²) in [6.45, 7) is 4.93. The number of benzene rings is 2. The number of hydrogen-bond donors (Lipinski definition) is 1. The summed E-state index contributed by atoms with van der Waals surface area (Å²) in [7, 11) is 0. The van der Waals surface area contributed by atoms with E-state index in [-0.39, 0.29) is 29.0 Å². The number of halogens is 1. The molecule has 11 heteroatoms. The summed E-state index contributed by atoms with van der Waals surface area (Å²) in [5, 5.41) is 21.0. The second-order valence-electron chi connectivity index (χ2n) is 7.50. The molecule has 0 unspecified atom stereocenters. The van der Waals surface area contributed by atoms with Crippen molar-refractivity contribution in [3.63, 3.8) is 0 Å². The number of esters is 1. The molecule has 0 aliphatic carbocycles. The van der Waals surface area contributed by atoms with Crippen LogP contribution in [0.4, 0.5) is 10.1 Å². The molecule has 0 saturated heterocycles. The molecule has 0 spiro atoms. The van der Waals surface area contributed by atoms with E-state index >= 15 is 0 Å². The number of carbonyl (C=O) groups is 2. The van der Waals surface area contributed by atoms with Crippen LogP contribution in [0.1, 0.15) is 43.1 Å². The van der Waals surface area contributed by atoms with Crippen LogP contribution in [0.25, 0.3) is 11.5 Å². The zero-order valence-corrected chi connectivity index (χ0v) is 18.0. The maximum atomic E-state index is 13.9. The number of ether oxygens (including phenoxy) is 1. The fraction of sp³-hybridized carbons (Fsp3) is 0.273. The molecule has 0 bridgehead atoms. The Morgan fingerprint density at radius 2 is 1.76 bits per heavy atom. The molecule has 1 aromatic heterocycles. The molecule has 0 saturated carbocycles. The molecule has 33 heavy (non-hydrogen) atoms. The van der Waals surface area contributed by atoms with Gasteiger partial charge in [-0.05, 0) is 37.1 Å². The van der Waals surface area contributed by atoms with Crippen molar-refractivity contribution in [1.29, 1.82) is 0 Å². The number of nitrogens with one attached hydrogen (secondary N) is 1. The molecule has 3 rings (SSSR count). The summed E-state index contributed by atoms with van der Waals surface area (Å²) in [5.74, 6) is -2.45. The van der Waals surface area contributed by atoms with Crippen molar-refractivity contribution in [2.75, 3.05) is 0 Å². The zero-order valence-electron chi connectivity index (χ0n) is 18.0. The Morgan fingerprint density at radius 3 is 2.36 bits per heavy atom. The van der Waals surface area contributed by atoms with E-state index in [1.165, 1.54) is 49.4 Å². The lowest BCUT2D eigenvalue weighted by atomic mass is 10.0. The lowest BCUT2D eigenvalue weighted by molar-refractivity contribution is -0.384. The Hall–Kier alpha value is -4.15. The van der Waals surface area contributed by atoms with E-state index in [1.807, 2.05) is 0 Å². The van der Waals surface area contributed by atoms with E-state index < -0.39 is 34.8 Å². The first kappa shape index (κ1) is 23.5. The standard InChI is InChI=1S/C22H21FN4O6/c1-12(2)18(24-19(28)16-6-4-5-7-17(16)23)22(29)32-13(3)20-25-26-21(33-20)14-8-10-15(11-9-14)27(30)31/h4-13,18H,1-3H3,(H,24,28)/t13-,18+/m1/s1.